The molecule has 0 fully saturated rings. The van der Waals surface area contributed by atoms with E-state index in [1.807, 2.05) is 13.8 Å². The fourth-order valence-corrected chi connectivity index (χ4v) is 4.63. The number of aromatic amines is 1. The maximum atomic E-state index is 12.8. The first kappa shape index (κ1) is 17.6. The minimum absolute atomic E-state index is 0.0208. The lowest BCUT2D eigenvalue weighted by Crippen LogP contribution is -2.47. The fourth-order valence-electron chi connectivity index (χ4n) is 3.03. The summed E-state index contributed by atoms with van der Waals surface area (Å²) >= 11 is 0. The Labute approximate surface area is 145 Å². The largest absolute Gasteiger partial charge is 0.633 e. The van der Waals surface area contributed by atoms with Crippen LogP contribution in [-0.4, -0.2) is 49.4 Å². The SMILES string of the molecule is CC[N+]([O-])(CC)CCN1c2ccccc2S(=O)(=O)c2cn[nH]c(=O)c21. The summed E-state index contributed by atoms with van der Waals surface area (Å²) in [7, 11) is -3.83. The number of benzene rings is 1. The van der Waals surface area contributed by atoms with Crippen molar-refractivity contribution >= 4 is 21.2 Å². The van der Waals surface area contributed by atoms with E-state index in [1.165, 1.54) is 6.07 Å². The molecule has 1 aliphatic rings. The van der Waals surface area contributed by atoms with Gasteiger partial charge in [-0.1, -0.05) is 12.1 Å². The van der Waals surface area contributed by atoms with E-state index < -0.39 is 20.0 Å². The van der Waals surface area contributed by atoms with Crippen LogP contribution in [-0.2, 0) is 9.84 Å². The average molecular weight is 364 g/mol. The number of quaternary nitrogens is 1. The molecule has 1 aromatic carbocycles. The van der Waals surface area contributed by atoms with Crippen LogP contribution in [0.3, 0.4) is 0 Å². The number of nitrogens with zero attached hydrogens (tertiary/aromatic N) is 3. The maximum absolute atomic E-state index is 12.8. The molecule has 1 N–H and O–H groups in total. The Hall–Kier alpha value is -2.23. The van der Waals surface area contributed by atoms with E-state index in [2.05, 4.69) is 10.2 Å². The van der Waals surface area contributed by atoms with Gasteiger partial charge in [0.05, 0.1) is 43.0 Å². The minimum Gasteiger partial charge on any atom is -0.633 e. The van der Waals surface area contributed by atoms with Crippen molar-refractivity contribution in [2.75, 3.05) is 31.1 Å². The molecule has 3 rings (SSSR count). The van der Waals surface area contributed by atoms with Gasteiger partial charge in [-0.25, -0.2) is 13.5 Å². The van der Waals surface area contributed by atoms with Crippen LogP contribution in [0.4, 0.5) is 11.4 Å². The Morgan fingerprint density at radius 3 is 2.56 bits per heavy atom. The highest BCUT2D eigenvalue weighted by atomic mass is 32.2. The van der Waals surface area contributed by atoms with E-state index in [-0.39, 0.29) is 28.6 Å². The summed E-state index contributed by atoms with van der Waals surface area (Å²) in [6.45, 7) is 4.92. The zero-order valence-electron chi connectivity index (χ0n) is 14.1. The monoisotopic (exact) mass is 364 g/mol. The fraction of sp³-hybridized carbons (Fsp3) is 0.375. The van der Waals surface area contributed by atoms with Gasteiger partial charge in [0.15, 0.2) is 0 Å². The molecule has 1 aliphatic heterocycles. The second kappa shape index (κ2) is 6.25. The van der Waals surface area contributed by atoms with Crippen molar-refractivity contribution in [3.05, 3.63) is 46.0 Å². The number of hydrogen-bond acceptors (Lipinski definition) is 6. The third-order valence-corrected chi connectivity index (χ3v) is 6.49. The molecule has 0 saturated heterocycles. The molecular weight excluding hydrogens is 344 g/mol. The number of hydrogen-bond donors (Lipinski definition) is 1. The van der Waals surface area contributed by atoms with E-state index >= 15 is 0 Å². The molecule has 0 amide bonds. The molecule has 134 valence electrons. The molecule has 0 unspecified atom stereocenters. The average Bonchev–Trinajstić information content (AvgIpc) is 2.62. The van der Waals surface area contributed by atoms with Crippen molar-refractivity contribution in [2.45, 2.75) is 23.6 Å². The van der Waals surface area contributed by atoms with Crippen LogP contribution in [0.1, 0.15) is 13.8 Å². The maximum Gasteiger partial charge on any atom is 0.289 e. The molecule has 25 heavy (non-hydrogen) atoms. The number of fused-ring (bicyclic) bond motifs is 2. The van der Waals surface area contributed by atoms with Crippen LogP contribution in [0, 0.1) is 5.21 Å². The van der Waals surface area contributed by atoms with E-state index in [9.17, 15) is 18.4 Å². The smallest absolute Gasteiger partial charge is 0.289 e. The van der Waals surface area contributed by atoms with Gasteiger partial charge in [0.1, 0.15) is 10.6 Å². The second-order valence-corrected chi connectivity index (χ2v) is 7.84. The molecular formula is C16H20N4O4S. The highest BCUT2D eigenvalue weighted by Gasteiger charge is 2.36. The van der Waals surface area contributed by atoms with E-state index in [0.29, 0.717) is 18.8 Å². The summed E-state index contributed by atoms with van der Waals surface area (Å²) in [5.41, 5.74) is -0.162. The van der Waals surface area contributed by atoms with Gasteiger partial charge in [-0.3, -0.25) is 4.79 Å². The zero-order valence-corrected chi connectivity index (χ0v) is 14.9. The van der Waals surface area contributed by atoms with Crippen molar-refractivity contribution in [3.63, 3.8) is 0 Å². The molecule has 0 aliphatic carbocycles. The number of likely N-dealkylation sites (N-methyl/N-ethyl adjacent to an activating group) is 1. The zero-order chi connectivity index (χ0) is 18.2. The highest BCUT2D eigenvalue weighted by molar-refractivity contribution is 7.92. The number of nitrogens with one attached hydrogen (secondary N) is 1. The lowest BCUT2D eigenvalue weighted by molar-refractivity contribution is -0.875. The topological polar surface area (TPSA) is 106 Å². The molecule has 2 aromatic rings. The summed E-state index contributed by atoms with van der Waals surface area (Å²) in [6, 6.07) is 6.49. The van der Waals surface area contributed by atoms with Gasteiger partial charge >= 0.3 is 0 Å². The Balaban J connectivity index is 2.16. The first-order valence-corrected chi connectivity index (χ1v) is 9.59. The van der Waals surface area contributed by atoms with Crippen molar-refractivity contribution < 1.29 is 13.1 Å². The van der Waals surface area contributed by atoms with Crippen LogP contribution in [0.5, 0.6) is 0 Å². The van der Waals surface area contributed by atoms with Crippen molar-refractivity contribution in [3.8, 4) is 0 Å². The van der Waals surface area contributed by atoms with Crippen LogP contribution >= 0.6 is 0 Å². The van der Waals surface area contributed by atoms with Crippen molar-refractivity contribution in [2.24, 2.45) is 0 Å². The number of sulfone groups is 1. The molecule has 1 aromatic heterocycles. The molecule has 0 saturated carbocycles. The molecule has 0 spiro atoms. The van der Waals surface area contributed by atoms with Crippen LogP contribution in [0.15, 0.2) is 45.0 Å². The summed E-state index contributed by atoms with van der Waals surface area (Å²) in [4.78, 5) is 13.9. The Bertz CT molecular complexity index is 951. The number of para-hydroxylation sites is 1. The Morgan fingerprint density at radius 1 is 1.20 bits per heavy atom. The van der Waals surface area contributed by atoms with Gasteiger partial charge in [-0.05, 0) is 26.0 Å². The Kier molecular flexibility index (Phi) is 4.40. The Morgan fingerprint density at radius 2 is 1.88 bits per heavy atom. The standard InChI is InChI=1S/C16H20N4O4S/c1-3-20(22,4-2)10-9-19-12-7-5-6-8-13(12)25(23,24)14-11-17-18-16(21)15(14)19/h5-8,11H,3-4,9-10H2,1-2H3,(H,18,21). The third kappa shape index (κ3) is 2.84. The second-order valence-electron chi connectivity index (χ2n) is 5.95. The summed E-state index contributed by atoms with van der Waals surface area (Å²) in [5, 5.41) is 18.5. The molecule has 0 atom stereocenters. The normalized spacial score (nSPS) is 15.6. The van der Waals surface area contributed by atoms with Gasteiger partial charge in [0.2, 0.25) is 9.84 Å². The molecule has 2 heterocycles. The predicted octanol–water partition coefficient (Wildman–Crippen LogP) is 1.41. The van der Waals surface area contributed by atoms with Gasteiger partial charge in [-0.15, -0.1) is 0 Å². The number of hydroxylamine groups is 3. The first-order chi connectivity index (χ1) is 11.8. The molecule has 8 nitrogen and oxygen atoms in total. The minimum atomic E-state index is -3.83. The van der Waals surface area contributed by atoms with Gasteiger partial charge in [0.25, 0.3) is 5.56 Å². The third-order valence-electron chi connectivity index (χ3n) is 4.69. The van der Waals surface area contributed by atoms with E-state index in [1.54, 1.807) is 23.1 Å². The van der Waals surface area contributed by atoms with Crippen molar-refractivity contribution in [1.29, 1.82) is 0 Å². The number of aromatic nitrogens is 2. The molecule has 0 radical (unpaired) electrons. The number of rotatable bonds is 5. The number of H-pyrrole nitrogens is 1. The first-order valence-electron chi connectivity index (χ1n) is 8.10. The lowest BCUT2D eigenvalue weighted by atomic mass is 10.2. The van der Waals surface area contributed by atoms with E-state index in [0.717, 1.165) is 6.20 Å². The molecule has 0 bridgehead atoms. The summed E-state index contributed by atoms with van der Waals surface area (Å²) in [5.74, 6) is 0. The van der Waals surface area contributed by atoms with Crippen LogP contribution in [0.25, 0.3) is 0 Å². The quantitative estimate of drug-likeness (QED) is 0.635. The van der Waals surface area contributed by atoms with Crippen molar-refractivity contribution in [1.82, 2.24) is 10.2 Å². The van der Waals surface area contributed by atoms with Crippen LogP contribution < -0.4 is 10.5 Å². The highest BCUT2D eigenvalue weighted by Crippen LogP contribution is 2.41. The number of anilines is 2. The van der Waals surface area contributed by atoms with Gasteiger partial charge < -0.3 is 14.8 Å². The van der Waals surface area contributed by atoms with Crippen LogP contribution in [0.2, 0.25) is 0 Å². The molecule has 9 heteroatoms. The predicted molar refractivity (Wildman–Crippen MR) is 93.3 cm³/mol. The summed E-state index contributed by atoms with van der Waals surface area (Å²) in [6.07, 6.45) is 1.15. The summed E-state index contributed by atoms with van der Waals surface area (Å²) < 4.78 is 25.2. The van der Waals surface area contributed by atoms with E-state index in [4.69, 9.17) is 0 Å². The van der Waals surface area contributed by atoms with Gasteiger partial charge in [-0.2, -0.15) is 5.10 Å². The van der Waals surface area contributed by atoms with Gasteiger partial charge in [0, 0.05) is 0 Å². The lowest BCUT2D eigenvalue weighted by Gasteiger charge is -2.43.